The summed E-state index contributed by atoms with van der Waals surface area (Å²) in [5, 5.41) is 0. The van der Waals surface area contributed by atoms with Crippen molar-refractivity contribution in [1.29, 1.82) is 0 Å². The minimum atomic E-state index is -0.102. The van der Waals surface area contributed by atoms with E-state index in [-0.39, 0.29) is 11.8 Å². The molecular weight excluding hydrogens is 176 g/mol. The zero-order chi connectivity index (χ0) is 11.4. The largest absolute Gasteiger partial charge is 0.369 e. The second-order valence-electron chi connectivity index (χ2n) is 3.44. The molecule has 1 saturated carbocycles. The van der Waals surface area contributed by atoms with Crippen molar-refractivity contribution in [3.05, 3.63) is 0 Å². The van der Waals surface area contributed by atoms with Crippen molar-refractivity contribution in [1.82, 2.24) is 0 Å². The lowest BCUT2D eigenvalue weighted by atomic mass is 9.89. The fraction of sp³-hybridized carbons (Fsp3) is 0.909. The van der Waals surface area contributed by atoms with Crippen molar-refractivity contribution in [2.75, 3.05) is 7.05 Å². The number of carbonyl (C=O) groups excluding carboxylic acids is 1. The molecule has 0 unspecified atom stereocenters. The first-order chi connectivity index (χ1) is 6.72. The Labute approximate surface area is 88.2 Å². The number of amides is 1. The summed E-state index contributed by atoms with van der Waals surface area (Å²) in [5.74, 6) is 0.0912. The Morgan fingerprint density at radius 1 is 1.14 bits per heavy atom. The minimum Gasteiger partial charge on any atom is -0.369 e. The maximum atomic E-state index is 10.6. The monoisotopic (exact) mass is 202 g/mol. The van der Waals surface area contributed by atoms with E-state index >= 15 is 0 Å². The van der Waals surface area contributed by atoms with Crippen LogP contribution in [0.3, 0.4) is 0 Å². The summed E-state index contributed by atoms with van der Waals surface area (Å²) in [6.45, 7) is 4.25. The Morgan fingerprint density at radius 3 is 1.71 bits per heavy atom. The summed E-state index contributed by atoms with van der Waals surface area (Å²) >= 11 is 0. The van der Waals surface area contributed by atoms with Crippen molar-refractivity contribution < 1.29 is 4.79 Å². The molecule has 1 fully saturated rings. The Balaban J connectivity index is 0. The van der Waals surface area contributed by atoms with Gasteiger partial charge in [-0.05, 0) is 19.9 Å². The lowest BCUT2D eigenvalue weighted by Crippen LogP contribution is -2.24. The molecule has 0 spiro atoms. The van der Waals surface area contributed by atoms with Gasteiger partial charge >= 0.3 is 0 Å². The van der Waals surface area contributed by atoms with E-state index in [2.05, 4.69) is 19.6 Å². The molecule has 3 nitrogen and oxygen atoms in total. The number of carbonyl (C=O) groups is 1. The summed E-state index contributed by atoms with van der Waals surface area (Å²) in [6.07, 6.45) is 6.95. The van der Waals surface area contributed by atoms with Crippen molar-refractivity contribution in [3.8, 4) is 0 Å². The van der Waals surface area contributed by atoms with Crippen LogP contribution in [0.1, 0.15) is 52.4 Å². The molecule has 0 aromatic carbocycles. The minimum absolute atomic E-state index is 0.102. The summed E-state index contributed by atoms with van der Waals surface area (Å²) in [6, 6.07) is 0. The molecule has 1 aliphatic rings. The first-order valence-corrected chi connectivity index (χ1v) is 5.59. The van der Waals surface area contributed by atoms with Gasteiger partial charge in [0, 0.05) is 5.92 Å². The van der Waals surface area contributed by atoms with Crippen LogP contribution in [0.2, 0.25) is 0 Å². The average molecular weight is 202 g/mol. The van der Waals surface area contributed by atoms with Crippen LogP contribution < -0.4 is 11.5 Å². The Kier molecular flexibility index (Phi) is 14.1. The normalized spacial score (nSPS) is 15.7. The van der Waals surface area contributed by atoms with Gasteiger partial charge in [0.1, 0.15) is 0 Å². The lowest BCUT2D eigenvalue weighted by molar-refractivity contribution is -0.122. The van der Waals surface area contributed by atoms with E-state index in [9.17, 15) is 4.79 Å². The van der Waals surface area contributed by atoms with Gasteiger partial charge in [-0.2, -0.15) is 0 Å². The maximum Gasteiger partial charge on any atom is 0.220 e. The Bertz CT molecular complexity index is 120. The van der Waals surface area contributed by atoms with E-state index in [1.54, 1.807) is 0 Å². The van der Waals surface area contributed by atoms with E-state index in [4.69, 9.17) is 5.73 Å². The van der Waals surface area contributed by atoms with E-state index < -0.39 is 0 Å². The molecule has 86 valence electrons. The average Bonchev–Trinajstić information content (AvgIpc) is 2.23. The first-order valence-electron chi connectivity index (χ1n) is 5.59. The number of hydrogen-bond acceptors (Lipinski definition) is 2. The van der Waals surface area contributed by atoms with Gasteiger partial charge in [-0.1, -0.05) is 39.5 Å². The van der Waals surface area contributed by atoms with E-state index in [0.717, 1.165) is 12.8 Å². The van der Waals surface area contributed by atoms with Crippen molar-refractivity contribution in [2.45, 2.75) is 52.4 Å². The number of primary amides is 1. The van der Waals surface area contributed by atoms with Gasteiger partial charge in [0.05, 0.1) is 0 Å². The first kappa shape index (κ1) is 15.9. The fourth-order valence-electron chi connectivity index (χ4n) is 1.39. The highest BCUT2D eigenvalue weighted by Crippen LogP contribution is 2.22. The molecule has 0 saturated heterocycles. The summed E-state index contributed by atoms with van der Waals surface area (Å²) in [7, 11) is 1.50. The topological polar surface area (TPSA) is 69.1 Å². The third-order valence-corrected chi connectivity index (χ3v) is 2.01. The van der Waals surface area contributed by atoms with Crippen molar-refractivity contribution in [2.24, 2.45) is 17.4 Å². The van der Waals surface area contributed by atoms with Gasteiger partial charge in [0.15, 0.2) is 0 Å². The molecular formula is C11H26N2O. The lowest BCUT2D eigenvalue weighted by Gasteiger charge is -2.17. The molecule has 0 aliphatic heterocycles. The van der Waals surface area contributed by atoms with Gasteiger partial charge in [-0.3, -0.25) is 4.79 Å². The second-order valence-corrected chi connectivity index (χ2v) is 3.44. The third kappa shape index (κ3) is 9.52. The summed E-state index contributed by atoms with van der Waals surface area (Å²) < 4.78 is 0. The van der Waals surface area contributed by atoms with Crippen LogP contribution in [0.5, 0.6) is 0 Å². The smallest absolute Gasteiger partial charge is 0.220 e. The SMILES string of the molecule is CCC.CN.NC(=O)C1CCCCC1. The molecule has 0 bridgehead atoms. The van der Waals surface area contributed by atoms with Gasteiger partial charge in [-0.25, -0.2) is 0 Å². The van der Waals surface area contributed by atoms with Gasteiger partial charge in [0.25, 0.3) is 0 Å². The van der Waals surface area contributed by atoms with Gasteiger partial charge in [0.2, 0.25) is 5.91 Å². The van der Waals surface area contributed by atoms with Crippen LogP contribution in [-0.4, -0.2) is 13.0 Å². The van der Waals surface area contributed by atoms with Crippen LogP contribution in [0.4, 0.5) is 0 Å². The number of rotatable bonds is 1. The number of nitrogens with two attached hydrogens (primary N) is 2. The molecule has 0 heterocycles. The van der Waals surface area contributed by atoms with E-state index in [1.165, 1.54) is 32.7 Å². The molecule has 1 rings (SSSR count). The number of hydrogen-bond donors (Lipinski definition) is 2. The summed E-state index contributed by atoms with van der Waals surface area (Å²) in [5.41, 5.74) is 9.63. The van der Waals surface area contributed by atoms with Crippen molar-refractivity contribution in [3.63, 3.8) is 0 Å². The highest BCUT2D eigenvalue weighted by atomic mass is 16.1. The quantitative estimate of drug-likeness (QED) is 0.683. The third-order valence-electron chi connectivity index (χ3n) is 2.01. The van der Waals surface area contributed by atoms with Crippen LogP contribution >= 0.6 is 0 Å². The molecule has 0 atom stereocenters. The second kappa shape index (κ2) is 12.4. The predicted molar refractivity (Wildman–Crippen MR) is 61.8 cm³/mol. The van der Waals surface area contributed by atoms with Crippen LogP contribution in [0, 0.1) is 5.92 Å². The maximum absolute atomic E-state index is 10.6. The molecule has 0 aromatic heterocycles. The molecule has 1 aliphatic carbocycles. The molecule has 1 amide bonds. The molecule has 14 heavy (non-hydrogen) atoms. The Hall–Kier alpha value is -0.570. The van der Waals surface area contributed by atoms with Crippen LogP contribution in [0.25, 0.3) is 0 Å². The fourth-order valence-corrected chi connectivity index (χ4v) is 1.39. The van der Waals surface area contributed by atoms with Crippen LogP contribution in [-0.2, 0) is 4.79 Å². The molecule has 4 N–H and O–H groups in total. The molecule has 3 heteroatoms. The highest BCUT2D eigenvalue weighted by molar-refractivity contribution is 5.76. The molecule has 0 aromatic rings. The van der Waals surface area contributed by atoms with E-state index in [0.29, 0.717) is 0 Å². The van der Waals surface area contributed by atoms with Crippen LogP contribution in [0.15, 0.2) is 0 Å². The zero-order valence-corrected chi connectivity index (χ0v) is 9.88. The zero-order valence-electron chi connectivity index (χ0n) is 9.88. The standard InChI is InChI=1S/C7H13NO.C3H8.CH5N/c8-7(9)6-4-2-1-3-5-6;1-3-2;1-2/h6H,1-5H2,(H2,8,9);3H2,1-2H3;2H2,1H3. The van der Waals surface area contributed by atoms with E-state index in [1.807, 2.05) is 0 Å². The predicted octanol–water partition coefficient (Wildman–Crippen LogP) is 2.04. The van der Waals surface area contributed by atoms with Crippen molar-refractivity contribution >= 4 is 5.91 Å². The van der Waals surface area contributed by atoms with Gasteiger partial charge in [-0.15, -0.1) is 0 Å². The summed E-state index contributed by atoms with van der Waals surface area (Å²) in [4.78, 5) is 10.6. The van der Waals surface area contributed by atoms with Gasteiger partial charge < -0.3 is 11.5 Å². The Morgan fingerprint density at radius 2 is 1.50 bits per heavy atom. The molecule has 0 radical (unpaired) electrons. The highest BCUT2D eigenvalue weighted by Gasteiger charge is 2.17.